The Balaban J connectivity index is 2.33. The Morgan fingerprint density at radius 2 is 1.95 bits per heavy atom. The first-order valence-corrected chi connectivity index (χ1v) is 8.59. The fourth-order valence-corrected chi connectivity index (χ4v) is 4.37. The van der Waals surface area contributed by atoms with Crippen LogP contribution in [0.1, 0.15) is 33.1 Å². The molecule has 0 radical (unpaired) electrons. The molecule has 0 spiro atoms. The maximum absolute atomic E-state index is 12.7. The van der Waals surface area contributed by atoms with Gasteiger partial charge in [-0.3, -0.25) is 0 Å². The van der Waals surface area contributed by atoms with E-state index in [4.69, 9.17) is 17.3 Å². The zero-order chi connectivity index (χ0) is 15.0. The molecule has 0 atom stereocenters. The molecule has 0 bridgehead atoms. The Kier molecular flexibility index (Phi) is 4.33. The molecule has 1 aromatic rings. The molecule has 0 unspecified atom stereocenters. The van der Waals surface area contributed by atoms with Crippen LogP contribution in [-0.4, -0.2) is 25.8 Å². The van der Waals surface area contributed by atoms with E-state index in [0.717, 1.165) is 19.3 Å². The van der Waals surface area contributed by atoms with Crippen molar-refractivity contribution in [2.45, 2.75) is 38.0 Å². The van der Waals surface area contributed by atoms with Gasteiger partial charge < -0.3 is 5.73 Å². The first kappa shape index (κ1) is 15.6. The summed E-state index contributed by atoms with van der Waals surface area (Å²) in [5, 5.41) is 0.382. The van der Waals surface area contributed by atoms with Crippen molar-refractivity contribution in [1.82, 2.24) is 4.31 Å². The lowest BCUT2D eigenvalue weighted by Crippen LogP contribution is -2.33. The lowest BCUT2D eigenvalue weighted by Gasteiger charge is -2.23. The van der Waals surface area contributed by atoms with Crippen molar-refractivity contribution in [3.8, 4) is 0 Å². The van der Waals surface area contributed by atoms with Crippen molar-refractivity contribution in [3.05, 3.63) is 23.2 Å². The van der Waals surface area contributed by atoms with Gasteiger partial charge in [-0.1, -0.05) is 25.4 Å². The Hall–Kier alpha value is -0.780. The Morgan fingerprint density at radius 1 is 1.25 bits per heavy atom. The number of rotatable bonds is 2. The van der Waals surface area contributed by atoms with E-state index in [2.05, 4.69) is 13.8 Å². The number of halogens is 1. The summed E-state index contributed by atoms with van der Waals surface area (Å²) in [5.74, 6) is 0. The van der Waals surface area contributed by atoms with Crippen LogP contribution in [0.25, 0.3) is 0 Å². The Bertz CT molecular complexity index is 599. The van der Waals surface area contributed by atoms with Gasteiger partial charge in [-0.2, -0.15) is 4.31 Å². The highest BCUT2D eigenvalue weighted by Crippen LogP contribution is 2.33. The number of hydrogen-bond donors (Lipinski definition) is 1. The van der Waals surface area contributed by atoms with Gasteiger partial charge in [0.1, 0.15) is 4.90 Å². The maximum Gasteiger partial charge on any atom is 0.245 e. The molecule has 0 saturated carbocycles. The zero-order valence-electron chi connectivity index (χ0n) is 11.9. The summed E-state index contributed by atoms with van der Waals surface area (Å²) >= 11 is 5.90. The van der Waals surface area contributed by atoms with Gasteiger partial charge in [0, 0.05) is 18.1 Å². The molecule has 1 aliphatic rings. The van der Waals surface area contributed by atoms with E-state index in [1.54, 1.807) is 6.07 Å². The number of nitrogens with zero attached hydrogens (tertiary/aromatic N) is 1. The summed E-state index contributed by atoms with van der Waals surface area (Å²) in [6.07, 6.45) is 2.75. The van der Waals surface area contributed by atoms with E-state index in [1.807, 2.05) is 0 Å². The second-order valence-corrected chi connectivity index (χ2v) is 8.45. The lowest BCUT2D eigenvalue weighted by molar-refractivity contribution is 0.315. The SMILES string of the molecule is CC1(C)CCCN(S(=O)(=O)c2cc(Cl)ccc2N)CC1. The van der Waals surface area contributed by atoms with E-state index < -0.39 is 10.0 Å². The minimum Gasteiger partial charge on any atom is -0.398 e. The molecule has 0 aliphatic carbocycles. The predicted octanol–water partition coefficient (Wildman–Crippen LogP) is 3.12. The molecule has 4 nitrogen and oxygen atoms in total. The average molecular weight is 317 g/mol. The molecular formula is C14H21ClN2O2S. The molecule has 1 fully saturated rings. The first-order valence-electron chi connectivity index (χ1n) is 6.78. The van der Waals surface area contributed by atoms with E-state index >= 15 is 0 Å². The molecular weight excluding hydrogens is 296 g/mol. The van der Waals surface area contributed by atoms with Crippen LogP contribution in [-0.2, 0) is 10.0 Å². The normalized spacial score (nSPS) is 20.6. The van der Waals surface area contributed by atoms with Crippen LogP contribution in [0.15, 0.2) is 23.1 Å². The fraction of sp³-hybridized carbons (Fsp3) is 0.571. The van der Waals surface area contributed by atoms with Crippen LogP contribution < -0.4 is 5.73 Å². The van der Waals surface area contributed by atoms with Gasteiger partial charge in [-0.25, -0.2) is 8.42 Å². The van der Waals surface area contributed by atoms with Gasteiger partial charge in [-0.05, 0) is 42.9 Å². The smallest absolute Gasteiger partial charge is 0.245 e. The summed E-state index contributed by atoms with van der Waals surface area (Å²) in [6, 6.07) is 4.57. The highest BCUT2D eigenvalue weighted by atomic mass is 35.5. The van der Waals surface area contributed by atoms with Crippen LogP contribution in [0.3, 0.4) is 0 Å². The minimum atomic E-state index is -3.56. The summed E-state index contributed by atoms with van der Waals surface area (Å²) in [4.78, 5) is 0.115. The summed E-state index contributed by atoms with van der Waals surface area (Å²) in [7, 11) is -3.56. The molecule has 1 heterocycles. The van der Waals surface area contributed by atoms with Gasteiger partial charge in [0.25, 0.3) is 0 Å². The highest BCUT2D eigenvalue weighted by Gasteiger charge is 2.31. The number of sulfonamides is 1. The zero-order valence-corrected chi connectivity index (χ0v) is 13.5. The van der Waals surface area contributed by atoms with Crippen molar-refractivity contribution >= 4 is 27.3 Å². The second-order valence-electron chi connectivity index (χ2n) is 6.10. The first-order chi connectivity index (χ1) is 9.22. The highest BCUT2D eigenvalue weighted by molar-refractivity contribution is 7.89. The molecule has 0 aromatic heterocycles. The molecule has 6 heteroatoms. The number of nitrogens with two attached hydrogens (primary N) is 1. The lowest BCUT2D eigenvalue weighted by atomic mass is 9.85. The largest absolute Gasteiger partial charge is 0.398 e. The van der Waals surface area contributed by atoms with E-state index in [9.17, 15) is 8.42 Å². The van der Waals surface area contributed by atoms with Crippen molar-refractivity contribution in [2.75, 3.05) is 18.8 Å². The van der Waals surface area contributed by atoms with Crippen molar-refractivity contribution < 1.29 is 8.42 Å². The molecule has 2 rings (SSSR count). The van der Waals surface area contributed by atoms with E-state index in [1.165, 1.54) is 16.4 Å². The number of benzene rings is 1. The molecule has 1 saturated heterocycles. The van der Waals surface area contributed by atoms with Gasteiger partial charge >= 0.3 is 0 Å². The molecule has 0 amide bonds. The average Bonchev–Trinajstić information content (AvgIpc) is 2.53. The number of anilines is 1. The molecule has 20 heavy (non-hydrogen) atoms. The summed E-state index contributed by atoms with van der Waals surface area (Å²) in [5.41, 5.74) is 6.24. The number of hydrogen-bond acceptors (Lipinski definition) is 3. The van der Waals surface area contributed by atoms with Crippen molar-refractivity contribution in [3.63, 3.8) is 0 Å². The molecule has 1 aliphatic heterocycles. The third kappa shape index (κ3) is 3.27. The molecule has 1 aromatic carbocycles. The van der Waals surface area contributed by atoms with E-state index in [-0.39, 0.29) is 16.0 Å². The maximum atomic E-state index is 12.7. The van der Waals surface area contributed by atoms with Gasteiger partial charge in [0.05, 0.1) is 5.69 Å². The van der Waals surface area contributed by atoms with Crippen molar-refractivity contribution in [1.29, 1.82) is 0 Å². The topological polar surface area (TPSA) is 63.4 Å². The number of nitrogen functional groups attached to an aromatic ring is 1. The van der Waals surface area contributed by atoms with E-state index in [0.29, 0.717) is 18.1 Å². The van der Waals surface area contributed by atoms with Gasteiger partial charge in [0.15, 0.2) is 0 Å². The quantitative estimate of drug-likeness (QED) is 0.853. The second kappa shape index (κ2) is 5.54. The van der Waals surface area contributed by atoms with Crippen LogP contribution in [0, 0.1) is 5.41 Å². The van der Waals surface area contributed by atoms with Crippen LogP contribution in [0.4, 0.5) is 5.69 Å². The monoisotopic (exact) mass is 316 g/mol. The van der Waals surface area contributed by atoms with Crippen LogP contribution in [0.5, 0.6) is 0 Å². The van der Waals surface area contributed by atoms with Gasteiger partial charge in [-0.15, -0.1) is 0 Å². The fourth-order valence-electron chi connectivity index (χ4n) is 2.51. The third-order valence-corrected chi connectivity index (χ3v) is 6.08. The third-order valence-electron chi connectivity index (χ3n) is 3.89. The van der Waals surface area contributed by atoms with Crippen LogP contribution in [0.2, 0.25) is 5.02 Å². The predicted molar refractivity (Wildman–Crippen MR) is 82.3 cm³/mol. The van der Waals surface area contributed by atoms with Crippen molar-refractivity contribution in [2.24, 2.45) is 5.41 Å². The molecule has 112 valence electrons. The van der Waals surface area contributed by atoms with Crippen LogP contribution >= 0.6 is 11.6 Å². The standard InChI is InChI=1S/C14H21ClN2O2S/c1-14(2)6-3-8-17(9-7-14)20(18,19)13-10-11(15)4-5-12(13)16/h4-5,10H,3,6-9,16H2,1-2H3. The Labute approximate surface area is 126 Å². The Morgan fingerprint density at radius 3 is 2.65 bits per heavy atom. The van der Waals surface area contributed by atoms with Gasteiger partial charge in [0.2, 0.25) is 10.0 Å². The summed E-state index contributed by atoms with van der Waals surface area (Å²) < 4.78 is 27.0. The molecule has 2 N–H and O–H groups in total. The minimum absolute atomic E-state index is 0.115. The summed E-state index contributed by atoms with van der Waals surface area (Å²) in [6.45, 7) is 5.42.